The maximum Gasteiger partial charge on any atom is 0.310 e. The molecule has 0 aliphatic heterocycles. The van der Waals surface area contributed by atoms with Crippen LogP contribution in [0.4, 0.5) is 0 Å². The van der Waals surface area contributed by atoms with Crippen LogP contribution in [0.15, 0.2) is 4.90 Å². The van der Waals surface area contributed by atoms with Crippen LogP contribution in [0.2, 0.25) is 0 Å². The van der Waals surface area contributed by atoms with Crippen LogP contribution >= 0.6 is 0 Å². The van der Waals surface area contributed by atoms with E-state index in [-0.39, 0.29) is 11.4 Å². The van der Waals surface area contributed by atoms with Crippen LogP contribution in [0.25, 0.3) is 0 Å². The molecule has 1 aromatic heterocycles. The first-order valence-electron chi connectivity index (χ1n) is 6.03. The van der Waals surface area contributed by atoms with E-state index in [1.165, 1.54) is 0 Å². The van der Waals surface area contributed by atoms with Gasteiger partial charge in [0, 0.05) is 6.54 Å². The van der Waals surface area contributed by atoms with Gasteiger partial charge < -0.3 is 5.11 Å². The molecule has 19 heavy (non-hydrogen) atoms. The summed E-state index contributed by atoms with van der Waals surface area (Å²) in [5, 5.41) is 15.6. The van der Waals surface area contributed by atoms with Gasteiger partial charge in [-0.15, -0.1) is 0 Å². The van der Waals surface area contributed by atoms with Gasteiger partial charge in [-0.1, -0.05) is 6.42 Å². The lowest BCUT2D eigenvalue weighted by Gasteiger charge is -2.37. The molecule has 0 bridgehead atoms. The second-order valence-corrected chi connectivity index (χ2v) is 6.73. The standard InChI is InChI=1S/C11H17N3O4S/c1-7-9(8(2)14-13-7)19(17,18)12-6-11(10(15)16)4-3-5-11/h12H,3-6H2,1-2H3,(H,13,14)(H,15,16). The van der Waals surface area contributed by atoms with Gasteiger partial charge in [-0.25, -0.2) is 13.1 Å². The van der Waals surface area contributed by atoms with E-state index in [2.05, 4.69) is 14.9 Å². The van der Waals surface area contributed by atoms with Gasteiger partial charge in [-0.05, 0) is 26.7 Å². The summed E-state index contributed by atoms with van der Waals surface area (Å²) in [5.74, 6) is -0.943. The summed E-state index contributed by atoms with van der Waals surface area (Å²) in [6, 6.07) is 0. The van der Waals surface area contributed by atoms with Gasteiger partial charge in [-0.2, -0.15) is 5.10 Å². The number of aromatic nitrogens is 2. The number of hydrogen-bond acceptors (Lipinski definition) is 4. The monoisotopic (exact) mass is 287 g/mol. The van der Waals surface area contributed by atoms with Gasteiger partial charge in [0.05, 0.1) is 16.8 Å². The van der Waals surface area contributed by atoms with E-state index in [1.54, 1.807) is 13.8 Å². The lowest BCUT2D eigenvalue weighted by molar-refractivity contribution is -0.153. The lowest BCUT2D eigenvalue weighted by Crippen LogP contribution is -2.47. The van der Waals surface area contributed by atoms with Crippen molar-refractivity contribution in [1.82, 2.24) is 14.9 Å². The van der Waals surface area contributed by atoms with Crippen molar-refractivity contribution in [3.05, 3.63) is 11.4 Å². The van der Waals surface area contributed by atoms with Gasteiger partial charge in [0.25, 0.3) is 0 Å². The highest BCUT2D eigenvalue weighted by molar-refractivity contribution is 7.89. The fourth-order valence-electron chi connectivity index (χ4n) is 2.31. The highest BCUT2D eigenvalue weighted by atomic mass is 32.2. The molecule has 0 spiro atoms. The van der Waals surface area contributed by atoms with Crippen molar-refractivity contribution in [2.24, 2.45) is 5.41 Å². The Labute approximate surface area is 111 Å². The van der Waals surface area contributed by atoms with Crippen LogP contribution in [-0.2, 0) is 14.8 Å². The second-order valence-electron chi connectivity index (χ2n) is 5.03. The molecule has 1 fully saturated rings. The normalized spacial score (nSPS) is 18.0. The van der Waals surface area contributed by atoms with E-state index in [9.17, 15) is 13.2 Å². The number of H-pyrrole nitrogens is 1. The fourth-order valence-corrected chi connectivity index (χ4v) is 3.81. The lowest BCUT2D eigenvalue weighted by atomic mass is 9.69. The number of sulfonamides is 1. The molecule has 106 valence electrons. The number of aryl methyl sites for hydroxylation is 2. The molecule has 1 heterocycles. The Morgan fingerprint density at radius 3 is 2.47 bits per heavy atom. The molecular formula is C11H17N3O4S. The number of nitrogens with one attached hydrogen (secondary N) is 2. The number of aromatic amines is 1. The predicted molar refractivity (Wildman–Crippen MR) is 67.2 cm³/mol. The van der Waals surface area contributed by atoms with Crippen molar-refractivity contribution < 1.29 is 18.3 Å². The molecule has 2 rings (SSSR count). The summed E-state index contributed by atoms with van der Waals surface area (Å²) in [6.45, 7) is 3.13. The molecule has 3 N–H and O–H groups in total. The first-order valence-corrected chi connectivity index (χ1v) is 7.51. The Morgan fingerprint density at radius 1 is 1.47 bits per heavy atom. The van der Waals surface area contributed by atoms with E-state index >= 15 is 0 Å². The molecule has 0 radical (unpaired) electrons. The van der Waals surface area contributed by atoms with Gasteiger partial charge in [0.15, 0.2) is 0 Å². The van der Waals surface area contributed by atoms with Gasteiger partial charge in [0.1, 0.15) is 4.90 Å². The molecule has 1 aromatic rings. The highest BCUT2D eigenvalue weighted by Crippen LogP contribution is 2.40. The first-order chi connectivity index (χ1) is 8.78. The van der Waals surface area contributed by atoms with Gasteiger partial charge in [-0.3, -0.25) is 9.89 Å². The van der Waals surface area contributed by atoms with E-state index in [0.29, 0.717) is 24.2 Å². The third kappa shape index (κ3) is 2.37. The summed E-state index contributed by atoms with van der Waals surface area (Å²) < 4.78 is 26.8. The van der Waals surface area contributed by atoms with Crippen LogP contribution in [0.5, 0.6) is 0 Å². The summed E-state index contributed by atoms with van der Waals surface area (Å²) in [6.07, 6.45) is 1.83. The minimum absolute atomic E-state index is 0.0747. The molecule has 1 aliphatic carbocycles. The van der Waals surface area contributed by atoms with Crippen molar-refractivity contribution in [3.8, 4) is 0 Å². The fraction of sp³-hybridized carbons (Fsp3) is 0.636. The van der Waals surface area contributed by atoms with Crippen LogP contribution in [0.1, 0.15) is 30.7 Å². The summed E-state index contributed by atoms with van der Waals surface area (Å²) in [5.41, 5.74) is -0.121. The molecule has 1 aliphatic rings. The topological polar surface area (TPSA) is 112 Å². The zero-order valence-corrected chi connectivity index (χ0v) is 11.7. The Morgan fingerprint density at radius 2 is 2.11 bits per heavy atom. The molecule has 7 nitrogen and oxygen atoms in total. The largest absolute Gasteiger partial charge is 0.481 e. The Balaban J connectivity index is 2.17. The summed E-state index contributed by atoms with van der Waals surface area (Å²) in [4.78, 5) is 11.3. The van der Waals surface area contributed by atoms with Crippen LogP contribution in [-0.4, -0.2) is 36.2 Å². The third-order valence-corrected chi connectivity index (χ3v) is 5.36. The molecule has 0 unspecified atom stereocenters. The predicted octanol–water partition coefficient (Wildman–Crippen LogP) is 0.560. The molecule has 0 saturated heterocycles. The molecule has 0 amide bonds. The highest BCUT2D eigenvalue weighted by Gasteiger charge is 2.45. The van der Waals surface area contributed by atoms with Crippen molar-refractivity contribution >= 4 is 16.0 Å². The Bertz CT molecular complexity index is 582. The quantitative estimate of drug-likeness (QED) is 0.732. The second kappa shape index (κ2) is 4.61. The maximum atomic E-state index is 12.2. The number of carbonyl (C=O) groups is 1. The van der Waals surface area contributed by atoms with Crippen molar-refractivity contribution in [2.45, 2.75) is 38.0 Å². The summed E-state index contributed by atoms with van der Waals surface area (Å²) in [7, 11) is -3.73. The maximum absolute atomic E-state index is 12.2. The number of rotatable bonds is 5. The zero-order valence-electron chi connectivity index (χ0n) is 10.9. The summed E-state index contributed by atoms with van der Waals surface area (Å²) >= 11 is 0. The van der Waals surface area contributed by atoms with Crippen molar-refractivity contribution in [1.29, 1.82) is 0 Å². The number of carboxylic acids is 1. The number of carboxylic acid groups (broad SMARTS) is 1. The average molecular weight is 287 g/mol. The average Bonchev–Trinajstić information content (AvgIpc) is 2.56. The smallest absolute Gasteiger partial charge is 0.310 e. The molecule has 1 saturated carbocycles. The number of hydrogen-bond donors (Lipinski definition) is 3. The van der Waals surface area contributed by atoms with Crippen molar-refractivity contribution in [3.63, 3.8) is 0 Å². The third-order valence-electron chi connectivity index (χ3n) is 3.69. The molecular weight excluding hydrogens is 270 g/mol. The van der Waals surface area contributed by atoms with E-state index in [1.807, 2.05) is 0 Å². The van der Waals surface area contributed by atoms with Crippen LogP contribution in [0.3, 0.4) is 0 Å². The SMILES string of the molecule is Cc1n[nH]c(C)c1S(=O)(=O)NCC1(C(=O)O)CCC1. The Kier molecular flexibility index (Phi) is 3.40. The first kappa shape index (κ1) is 14.0. The minimum atomic E-state index is -3.73. The van der Waals surface area contributed by atoms with E-state index in [0.717, 1.165) is 6.42 Å². The zero-order chi connectivity index (χ0) is 14.3. The van der Waals surface area contributed by atoms with Crippen LogP contribution in [0, 0.1) is 19.3 Å². The number of aliphatic carboxylic acids is 1. The van der Waals surface area contributed by atoms with Gasteiger partial charge >= 0.3 is 5.97 Å². The number of nitrogens with zero attached hydrogens (tertiary/aromatic N) is 1. The van der Waals surface area contributed by atoms with E-state index in [4.69, 9.17) is 5.11 Å². The Hall–Kier alpha value is -1.41. The molecule has 0 atom stereocenters. The van der Waals surface area contributed by atoms with Crippen LogP contribution < -0.4 is 4.72 Å². The molecule has 8 heteroatoms. The minimum Gasteiger partial charge on any atom is -0.481 e. The van der Waals surface area contributed by atoms with E-state index < -0.39 is 21.4 Å². The van der Waals surface area contributed by atoms with Crippen molar-refractivity contribution in [2.75, 3.05) is 6.54 Å². The molecule has 0 aromatic carbocycles. The van der Waals surface area contributed by atoms with Gasteiger partial charge in [0.2, 0.25) is 10.0 Å².